The van der Waals surface area contributed by atoms with Crippen LogP contribution in [0.1, 0.15) is 12.8 Å². The average Bonchev–Trinajstić information content (AvgIpc) is 3.42. The second-order valence-electron chi connectivity index (χ2n) is 6.47. The Hall–Kier alpha value is -3.55. The van der Waals surface area contributed by atoms with Crippen molar-refractivity contribution in [2.45, 2.75) is 12.8 Å². The van der Waals surface area contributed by atoms with Crippen molar-refractivity contribution in [3.05, 3.63) is 42.5 Å². The second-order valence-corrected chi connectivity index (χ2v) is 6.47. The van der Waals surface area contributed by atoms with Crippen LogP contribution in [-0.4, -0.2) is 26.7 Å². The van der Waals surface area contributed by atoms with Crippen LogP contribution in [0, 0.1) is 5.92 Å². The minimum atomic E-state index is -1.13. The van der Waals surface area contributed by atoms with Crippen molar-refractivity contribution in [3.63, 3.8) is 0 Å². The number of hydrogen-bond acceptors (Lipinski definition) is 4. The molecule has 3 N–H and O–H groups in total. The molecule has 0 spiro atoms. The van der Waals surface area contributed by atoms with E-state index in [1.807, 2.05) is 23.7 Å². The third-order valence-electron chi connectivity index (χ3n) is 4.36. The van der Waals surface area contributed by atoms with Gasteiger partial charge in [0.1, 0.15) is 11.5 Å². The van der Waals surface area contributed by atoms with E-state index in [1.54, 1.807) is 30.3 Å². The Kier molecular flexibility index (Phi) is 4.15. The molecule has 0 aliphatic heterocycles. The third-order valence-corrected chi connectivity index (χ3v) is 4.36. The standard InChI is InChI=1S/C19H18N4O4/c1-23-16-10-14(27-13-4-2-3-12(9-13)20-19(25)26)7-8-15(16)21-18(23)22-17(24)11-5-6-11/h2-4,7-11,20H,5-6H2,1H3,(H,25,26)(H,21,22,24). The molecular formula is C19H18N4O4. The van der Waals surface area contributed by atoms with Crippen LogP contribution in [0.5, 0.6) is 11.5 Å². The maximum atomic E-state index is 12.0. The Bertz CT molecular complexity index is 1040. The smallest absolute Gasteiger partial charge is 0.409 e. The minimum absolute atomic E-state index is 0.00706. The molecule has 0 saturated heterocycles. The number of imidazole rings is 1. The van der Waals surface area contributed by atoms with Crippen LogP contribution in [0.15, 0.2) is 42.5 Å². The highest BCUT2D eigenvalue weighted by molar-refractivity contribution is 5.94. The number of carbonyl (C=O) groups excluding carboxylic acids is 1. The summed E-state index contributed by atoms with van der Waals surface area (Å²) in [6.45, 7) is 0. The maximum Gasteiger partial charge on any atom is 0.409 e. The van der Waals surface area contributed by atoms with Crippen LogP contribution in [0.25, 0.3) is 11.0 Å². The normalized spacial score (nSPS) is 13.4. The Balaban J connectivity index is 1.57. The Morgan fingerprint density at radius 2 is 1.93 bits per heavy atom. The van der Waals surface area contributed by atoms with E-state index in [4.69, 9.17) is 9.84 Å². The molecule has 4 rings (SSSR count). The molecule has 1 fully saturated rings. The molecule has 8 nitrogen and oxygen atoms in total. The van der Waals surface area contributed by atoms with Crippen LogP contribution < -0.4 is 15.4 Å². The van der Waals surface area contributed by atoms with Crippen molar-refractivity contribution >= 4 is 34.7 Å². The first kappa shape index (κ1) is 16.9. The Morgan fingerprint density at radius 3 is 2.67 bits per heavy atom. The maximum absolute atomic E-state index is 12.0. The van der Waals surface area contributed by atoms with Gasteiger partial charge in [0.2, 0.25) is 11.9 Å². The molecule has 3 aromatic rings. The molecule has 0 bridgehead atoms. The molecule has 1 saturated carbocycles. The molecule has 0 unspecified atom stereocenters. The quantitative estimate of drug-likeness (QED) is 0.637. The Morgan fingerprint density at radius 1 is 1.15 bits per heavy atom. The summed E-state index contributed by atoms with van der Waals surface area (Å²) >= 11 is 0. The number of carboxylic acid groups (broad SMARTS) is 1. The second kappa shape index (κ2) is 6.64. The number of nitrogens with zero attached hydrogens (tertiary/aromatic N) is 2. The van der Waals surface area contributed by atoms with Crippen LogP contribution in [0.3, 0.4) is 0 Å². The van der Waals surface area contributed by atoms with E-state index in [-0.39, 0.29) is 11.8 Å². The van der Waals surface area contributed by atoms with Gasteiger partial charge in [-0.25, -0.2) is 9.78 Å². The van der Waals surface area contributed by atoms with Gasteiger partial charge in [0, 0.05) is 30.8 Å². The number of aryl methyl sites for hydroxylation is 1. The van der Waals surface area contributed by atoms with Crippen molar-refractivity contribution in [3.8, 4) is 11.5 Å². The number of nitrogens with one attached hydrogen (secondary N) is 2. The fourth-order valence-corrected chi connectivity index (χ4v) is 2.80. The lowest BCUT2D eigenvalue weighted by molar-refractivity contribution is -0.117. The molecule has 1 heterocycles. The van der Waals surface area contributed by atoms with Crippen molar-refractivity contribution in [2.24, 2.45) is 13.0 Å². The topological polar surface area (TPSA) is 105 Å². The molecular weight excluding hydrogens is 348 g/mol. The highest BCUT2D eigenvalue weighted by atomic mass is 16.5. The van der Waals surface area contributed by atoms with Gasteiger partial charge in [-0.2, -0.15) is 0 Å². The zero-order valence-electron chi connectivity index (χ0n) is 14.6. The number of carbonyl (C=O) groups is 2. The van der Waals surface area contributed by atoms with Gasteiger partial charge < -0.3 is 14.4 Å². The summed E-state index contributed by atoms with van der Waals surface area (Å²) in [4.78, 5) is 27.2. The summed E-state index contributed by atoms with van der Waals surface area (Å²) in [7, 11) is 1.83. The van der Waals surface area contributed by atoms with Gasteiger partial charge in [0.15, 0.2) is 0 Å². The number of anilines is 2. The fraction of sp³-hybridized carbons (Fsp3) is 0.211. The molecule has 0 atom stereocenters. The first-order chi connectivity index (χ1) is 13.0. The highest BCUT2D eigenvalue weighted by Crippen LogP contribution is 2.31. The van der Waals surface area contributed by atoms with E-state index >= 15 is 0 Å². The molecule has 2 amide bonds. The zero-order chi connectivity index (χ0) is 19.0. The van der Waals surface area contributed by atoms with Gasteiger partial charge >= 0.3 is 6.09 Å². The number of ether oxygens (including phenoxy) is 1. The number of rotatable bonds is 5. The van der Waals surface area contributed by atoms with E-state index in [9.17, 15) is 9.59 Å². The number of hydrogen-bond donors (Lipinski definition) is 3. The summed E-state index contributed by atoms with van der Waals surface area (Å²) in [5, 5.41) is 14.0. The van der Waals surface area contributed by atoms with Crippen LogP contribution in [0.4, 0.5) is 16.4 Å². The van der Waals surface area contributed by atoms with E-state index in [1.165, 1.54) is 0 Å². The number of fused-ring (bicyclic) bond motifs is 1. The molecule has 8 heteroatoms. The fourth-order valence-electron chi connectivity index (χ4n) is 2.80. The van der Waals surface area contributed by atoms with Gasteiger partial charge in [-0.05, 0) is 37.1 Å². The zero-order valence-corrected chi connectivity index (χ0v) is 14.6. The summed E-state index contributed by atoms with van der Waals surface area (Å²) in [6.07, 6.45) is 0.733. The molecule has 138 valence electrons. The van der Waals surface area contributed by atoms with Crippen LogP contribution in [-0.2, 0) is 11.8 Å². The minimum Gasteiger partial charge on any atom is -0.465 e. The van der Waals surface area contributed by atoms with E-state index in [0.717, 1.165) is 23.9 Å². The Labute approximate surface area is 154 Å². The van der Waals surface area contributed by atoms with E-state index < -0.39 is 6.09 Å². The van der Waals surface area contributed by atoms with Crippen molar-refractivity contribution < 1.29 is 19.4 Å². The SMILES string of the molecule is Cn1c(NC(=O)C2CC2)nc2ccc(Oc3cccc(NC(=O)O)c3)cc21. The molecule has 1 aliphatic rings. The van der Waals surface area contributed by atoms with Crippen molar-refractivity contribution in [2.75, 3.05) is 10.6 Å². The third kappa shape index (κ3) is 3.69. The molecule has 2 aromatic carbocycles. The lowest BCUT2D eigenvalue weighted by Gasteiger charge is -2.08. The number of amides is 2. The molecule has 27 heavy (non-hydrogen) atoms. The van der Waals surface area contributed by atoms with Gasteiger partial charge in [0.25, 0.3) is 0 Å². The summed E-state index contributed by atoms with van der Waals surface area (Å²) < 4.78 is 7.65. The van der Waals surface area contributed by atoms with E-state index in [0.29, 0.717) is 23.1 Å². The van der Waals surface area contributed by atoms with Crippen LogP contribution >= 0.6 is 0 Å². The highest BCUT2D eigenvalue weighted by Gasteiger charge is 2.30. The summed E-state index contributed by atoms with van der Waals surface area (Å²) in [6, 6.07) is 12.1. The molecule has 1 aliphatic carbocycles. The summed E-state index contributed by atoms with van der Waals surface area (Å²) in [5.74, 6) is 1.71. The number of benzene rings is 2. The monoisotopic (exact) mass is 366 g/mol. The van der Waals surface area contributed by atoms with Gasteiger partial charge in [-0.1, -0.05) is 6.07 Å². The van der Waals surface area contributed by atoms with Gasteiger partial charge in [0.05, 0.1) is 11.0 Å². The molecule has 0 radical (unpaired) electrons. The first-order valence-corrected chi connectivity index (χ1v) is 8.55. The molecule has 1 aromatic heterocycles. The first-order valence-electron chi connectivity index (χ1n) is 8.55. The average molecular weight is 366 g/mol. The van der Waals surface area contributed by atoms with Crippen molar-refractivity contribution in [1.29, 1.82) is 0 Å². The predicted octanol–water partition coefficient (Wildman–Crippen LogP) is 3.80. The summed E-state index contributed by atoms with van der Waals surface area (Å²) in [5.41, 5.74) is 1.99. The van der Waals surface area contributed by atoms with Crippen molar-refractivity contribution in [1.82, 2.24) is 9.55 Å². The van der Waals surface area contributed by atoms with Gasteiger partial charge in [-0.3, -0.25) is 15.4 Å². The van der Waals surface area contributed by atoms with E-state index in [2.05, 4.69) is 15.6 Å². The largest absolute Gasteiger partial charge is 0.465 e. The lowest BCUT2D eigenvalue weighted by Crippen LogP contribution is -2.16. The van der Waals surface area contributed by atoms with Gasteiger partial charge in [-0.15, -0.1) is 0 Å². The lowest BCUT2D eigenvalue weighted by atomic mass is 10.3. The predicted molar refractivity (Wildman–Crippen MR) is 100 cm³/mol. The number of aromatic nitrogens is 2. The van der Waals surface area contributed by atoms with Crippen LogP contribution in [0.2, 0.25) is 0 Å².